The third kappa shape index (κ3) is 4.37. The van der Waals surface area contributed by atoms with E-state index in [-0.39, 0.29) is 35.2 Å². The van der Waals surface area contributed by atoms with Crippen LogP contribution in [0.4, 0.5) is 5.69 Å². The third-order valence-electron chi connectivity index (χ3n) is 6.46. The molecule has 6 nitrogen and oxygen atoms in total. The quantitative estimate of drug-likeness (QED) is 0.769. The second-order valence-electron chi connectivity index (χ2n) is 8.39. The molecular weight excluding hydrogens is 398 g/mol. The van der Waals surface area contributed by atoms with Gasteiger partial charge in [0.25, 0.3) is 0 Å². The Hall–Kier alpha value is -1.15. The number of halogens is 1. The van der Waals surface area contributed by atoms with Crippen LogP contribution in [-0.2, 0) is 14.8 Å². The van der Waals surface area contributed by atoms with Crippen molar-refractivity contribution in [1.82, 2.24) is 4.31 Å². The Morgan fingerprint density at radius 3 is 2.25 bits per heavy atom. The summed E-state index contributed by atoms with van der Waals surface area (Å²) < 4.78 is 26.2. The highest BCUT2D eigenvalue weighted by molar-refractivity contribution is 7.89. The van der Waals surface area contributed by atoms with Gasteiger partial charge in [-0.25, -0.2) is 12.7 Å². The molecule has 1 aromatic rings. The number of carbonyl (C=O) groups is 1. The van der Waals surface area contributed by atoms with Crippen LogP contribution in [-0.4, -0.2) is 38.8 Å². The minimum absolute atomic E-state index is 0. The molecule has 1 aromatic carbocycles. The number of rotatable bonds is 4. The first-order valence-electron chi connectivity index (χ1n) is 9.71. The summed E-state index contributed by atoms with van der Waals surface area (Å²) >= 11 is 0. The lowest BCUT2D eigenvalue weighted by atomic mass is 9.65. The molecule has 0 aromatic heterocycles. The lowest BCUT2D eigenvalue weighted by Gasteiger charge is -2.43. The maximum Gasteiger partial charge on any atom is 0.242 e. The highest BCUT2D eigenvalue weighted by Gasteiger charge is 2.40. The van der Waals surface area contributed by atoms with Crippen LogP contribution in [0.5, 0.6) is 0 Å². The molecule has 0 radical (unpaired) electrons. The van der Waals surface area contributed by atoms with Crippen LogP contribution in [0.3, 0.4) is 0 Å². The number of aryl methyl sites for hydroxylation is 1. The van der Waals surface area contributed by atoms with Gasteiger partial charge in [-0.3, -0.25) is 4.79 Å². The number of anilines is 1. The number of nitrogens with one attached hydrogen (secondary N) is 1. The molecule has 3 rings (SSSR count). The Balaban J connectivity index is 0.00000280. The van der Waals surface area contributed by atoms with E-state index in [9.17, 15) is 13.2 Å². The number of hydrogen-bond donors (Lipinski definition) is 2. The van der Waals surface area contributed by atoms with Crippen molar-refractivity contribution < 1.29 is 13.2 Å². The minimum atomic E-state index is -3.55. The molecule has 2 bridgehead atoms. The van der Waals surface area contributed by atoms with Gasteiger partial charge in [0, 0.05) is 31.7 Å². The molecule has 0 heterocycles. The van der Waals surface area contributed by atoms with E-state index in [1.54, 1.807) is 12.1 Å². The fourth-order valence-electron chi connectivity index (χ4n) is 4.55. The van der Waals surface area contributed by atoms with Gasteiger partial charge in [-0.2, -0.15) is 0 Å². The van der Waals surface area contributed by atoms with Gasteiger partial charge in [0.15, 0.2) is 0 Å². The molecule has 0 saturated heterocycles. The zero-order valence-electron chi connectivity index (χ0n) is 17.1. The standard InChI is InChI=1S/C20H31N3O3S.ClH/c1-12-8-17(27(25,26)23(3)4)11-18(13(12)2)22-20(24)16-9-14-6-5-7-15(10-16)19(14)21;/h8,11,14-16,19H,5-7,9-10,21H2,1-4H3,(H,22,24);1H. The molecule has 158 valence electrons. The second kappa shape index (κ2) is 8.69. The summed E-state index contributed by atoms with van der Waals surface area (Å²) in [7, 11) is -0.540. The molecule has 0 spiro atoms. The predicted molar refractivity (Wildman–Crippen MR) is 114 cm³/mol. The second-order valence-corrected chi connectivity index (χ2v) is 10.5. The third-order valence-corrected chi connectivity index (χ3v) is 8.25. The average molecular weight is 430 g/mol. The van der Waals surface area contributed by atoms with Gasteiger partial charge in [-0.15, -0.1) is 12.4 Å². The number of benzene rings is 1. The maximum absolute atomic E-state index is 13.0. The number of hydrogen-bond acceptors (Lipinski definition) is 4. The van der Waals surface area contributed by atoms with E-state index >= 15 is 0 Å². The summed E-state index contributed by atoms with van der Waals surface area (Å²) in [4.78, 5) is 13.2. The van der Waals surface area contributed by atoms with Crippen molar-refractivity contribution in [3.8, 4) is 0 Å². The Labute approximate surface area is 174 Å². The molecule has 28 heavy (non-hydrogen) atoms. The van der Waals surface area contributed by atoms with Crippen LogP contribution in [0.15, 0.2) is 17.0 Å². The zero-order valence-corrected chi connectivity index (χ0v) is 18.7. The van der Waals surface area contributed by atoms with Crippen molar-refractivity contribution in [3.05, 3.63) is 23.3 Å². The van der Waals surface area contributed by atoms with Gasteiger partial charge >= 0.3 is 0 Å². The number of amides is 1. The number of nitrogens with two attached hydrogens (primary N) is 1. The number of fused-ring (bicyclic) bond motifs is 2. The maximum atomic E-state index is 13.0. The zero-order chi connectivity index (χ0) is 19.9. The highest BCUT2D eigenvalue weighted by atomic mass is 35.5. The van der Waals surface area contributed by atoms with Crippen molar-refractivity contribution >= 4 is 34.0 Å². The predicted octanol–water partition coefficient (Wildman–Crippen LogP) is 3.07. The normalized spacial score (nSPS) is 27.2. The van der Waals surface area contributed by atoms with Crippen LogP contribution in [0.1, 0.15) is 43.2 Å². The Bertz CT molecular complexity index is 827. The molecule has 2 saturated carbocycles. The van der Waals surface area contributed by atoms with E-state index in [2.05, 4.69) is 5.32 Å². The Morgan fingerprint density at radius 1 is 1.14 bits per heavy atom. The molecule has 2 fully saturated rings. The summed E-state index contributed by atoms with van der Waals surface area (Å²) in [5.74, 6) is 0.794. The molecule has 2 aliphatic rings. The van der Waals surface area contributed by atoms with Crippen LogP contribution in [0.25, 0.3) is 0 Å². The first kappa shape index (κ1) is 23.1. The number of sulfonamides is 1. The first-order chi connectivity index (χ1) is 12.6. The van der Waals surface area contributed by atoms with E-state index in [1.165, 1.54) is 24.8 Å². The summed E-state index contributed by atoms with van der Waals surface area (Å²) in [5, 5.41) is 3.01. The van der Waals surface area contributed by atoms with Crippen molar-refractivity contribution in [2.45, 2.75) is 56.9 Å². The van der Waals surface area contributed by atoms with Gasteiger partial charge < -0.3 is 11.1 Å². The summed E-state index contributed by atoms with van der Waals surface area (Å²) in [6, 6.07) is 3.45. The minimum Gasteiger partial charge on any atom is -0.327 e. The molecule has 3 N–H and O–H groups in total. The van der Waals surface area contributed by atoms with Crippen LogP contribution in [0.2, 0.25) is 0 Å². The van der Waals surface area contributed by atoms with Gasteiger partial charge in [0.1, 0.15) is 0 Å². The average Bonchev–Trinajstić information content (AvgIpc) is 2.58. The summed E-state index contributed by atoms with van der Waals surface area (Å²) in [6.45, 7) is 3.77. The van der Waals surface area contributed by atoms with Crippen molar-refractivity contribution in [2.75, 3.05) is 19.4 Å². The largest absolute Gasteiger partial charge is 0.327 e. The van der Waals surface area contributed by atoms with E-state index in [1.807, 2.05) is 13.8 Å². The number of nitrogens with zero attached hydrogens (tertiary/aromatic N) is 1. The molecule has 8 heteroatoms. The van der Waals surface area contributed by atoms with E-state index in [0.29, 0.717) is 17.5 Å². The fraction of sp³-hybridized carbons (Fsp3) is 0.650. The smallest absolute Gasteiger partial charge is 0.242 e. The monoisotopic (exact) mass is 429 g/mol. The van der Waals surface area contributed by atoms with Gasteiger partial charge in [0.05, 0.1) is 4.90 Å². The van der Waals surface area contributed by atoms with Crippen LogP contribution in [0, 0.1) is 31.6 Å². The molecule has 1 amide bonds. The van der Waals surface area contributed by atoms with Crippen molar-refractivity contribution in [2.24, 2.45) is 23.5 Å². The molecule has 2 unspecified atom stereocenters. The Kier molecular flexibility index (Phi) is 7.18. The summed E-state index contributed by atoms with van der Waals surface area (Å²) in [6.07, 6.45) is 5.08. The Morgan fingerprint density at radius 2 is 1.71 bits per heavy atom. The van der Waals surface area contributed by atoms with E-state index < -0.39 is 10.0 Å². The van der Waals surface area contributed by atoms with E-state index in [4.69, 9.17) is 5.73 Å². The number of carbonyl (C=O) groups excluding carboxylic acids is 1. The van der Waals surface area contributed by atoms with Gasteiger partial charge in [-0.05, 0) is 74.6 Å². The van der Waals surface area contributed by atoms with Gasteiger partial charge in [0.2, 0.25) is 15.9 Å². The summed E-state index contributed by atoms with van der Waals surface area (Å²) in [5.41, 5.74) is 8.66. The lowest BCUT2D eigenvalue weighted by molar-refractivity contribution is -0.122. The molecule has 2 aliphatic carbocycles. The topological polar surface area (TPSA) is 92.5 Å². The molecular formula is C20H32ClN3O3S. The first-order valence-corrected chi connectivity index (χ1v) is 11.2. The highest BCUT2D eigenvalue weighted by Crippen LogP contribution is 2.42. The fourth-order valence-corrected chi connectivity index (χ4v) is 5.57. The van der Waals surface area contributed by atoms with Crippen LogP contribution < -0.4 is 11.1 Å². The SMILES string of the molecule is Cc1cc(S(=O)(=O)N(C)C)cc(NC(=O)C2CC3CCCC(C2)C3N)c1C.Cl. The molecule has 0 aliphatic heterocycles. The lowest BCUT2D eigenvalue weighted by Crippen LogP contribution is -2.48. The van der Waals surface area contributed by atoms with E-state index in [0.717, 1.165) is 36.8 Å². The van der Waals surface area contributed by atoms with Crippen LogP contribution >= 0.6 is 12.4 Å². The van der Waals surface area contributed by atoms with Crippen molar-refractivity contribution in [3.63, 3.8) is 0 Å². The molecule has 2 atom stereocenters. The van der Waals surface area contributed by atoms with Gasteiger partial charge in [-0.1, -0.05) is 6.42 Å². The van der Waals surface area contributed by atoms with Crippen molar-refractivity contribution in [1.29, 1.82) is 0 Å².